The van der Waals surface area contributed by atoms with Crippen LogP contribution in [-0.4, -0.2) is 0 Å². The molecular weight excluding hydrogens is 264 g/mol. The van der Waals surface area contributed by atoms with Gasteiger partial charge in [-0.05, 0) is 18.8 Å². The van der Waals surface area contributed by atoms with Crippen LogP contribution >= 0.6 is 0 Å². The van der Waals surface area contributed by atoms with Crippen LogP contribution in [0.25, 0.3) is 0 Å². The summed E-state index contributed by atoms with van der Waals surface area (Å²) in [5.74, 6) is 0.888. The summed E-state index contributed by atoms with van der Waals surface area (Å²) < 4.78 is 0. The van der Waals surface area contributed by atoms with Crippen molar-refractivity contribution in [3.63, 3.8) is 0 Å². The Hall–Kier alpha value is 0. The predicted octanol–water partition coefficient (Wildman–Crippen LogP) is 8.31. The maximum Gasteiger partial charge on any atom is -0.0355 e. The van der Waals surface area contributed by atoms with E-state index in [9.17, 15) is 0 Å². The molecule has 0 nitrogen and oxygen atoms in total. The zero-order chi connectivity index (χ0) is 16.3. The Morgan fingerprint density at radius 2 is 1.14 bits per heavy atom. The Balaban J connectivity index is 3.08. The third-order valence-electron chi connectivity index (χ3n) is 4.89. The second-order valence-corrected chi connectivity index (χ2v) is 7.08. The van der Waals surface area contributed by atoms with Crippen molar-refractivity contribution < 1.29 is 0 Å². The lowest BCUT2D eigenvalue weighted by Gasteiger charge is -2.12. The molecule has 0 aliphatic heterocycles. The Kier molecular flexibility index (Phi) is 19.0. The summed E-state index contributed by atoms with van der Waals surface area (Å²) in [5.41, 5.74) is 0. The van der Waals surface area contributed by atoms with Crippen molar-refractivity contribution in [1.29, 1.82) is 0 Å². The molecule has 0 fully saturated rings. The Morgan fingerprint density at radius 1 is 0.682 bits per heavy atom. The molecule has 2 radical (unpaired) electrons. The van der Waals surface area contributed by atoms with Crippen LogP contribution in [0.3, 0.4) is 0 Å². The van der Waals surface area contributed by atoms with Gasteiger partial charge < -0.3 is 0 Å². The van der Waals surface area contributed by atoms with E-state index < -0.39 is 0 Å². The fourth-order valence-electron chi connectivity index (χ4n) is 3.30. The van der Waals surface area contributed by atoms with E-state index in [-0.39, 0.29) is 0 Å². The monoisotopic (exact) mass is 308 g/mol. The Labute approximate surface area is 142 Å². The lowest BCUT2D eigenvalue weighted by atomic mass is 9.94. The summed E-state index contributed by atoms with van der Waals surface area (Å²) in [6.07, 6.45) is 26.4. The molecule has 1 atom stereocenters. The van der Waals surface area contributed by atoms with Crippen molar-refractivity contribution in [1.82, 2.24) is 0 Å². The molecule has 0 aliphatic carbocycles. The van der Waals surface area contributed by atoms with Crippen LogP contribution in [0.4, 0.5) is 0 Å². The van der Waals surface area contributed by atoms with Gasteiger partial charge >= 0.3 is 0 Å². The van der Waals surface area contributed by atoms with Gasteiger partial charge in [-0.15, -0.1) is 0 Å². The molecule has 0 aliphatic rings. The first-order valence-corrected chi connectivity index (χ1v) is 10.5. The maximum atomic E-state index is 3.90. The molecule has 132 valence electrons. The number of hydrogen-bond donors (Lipinski definition) is 0. The molecule has 0 bridgehead atoms. The largest absolute Gasteiger partial charge is 0.0654 e. The van der Waals surface area contributed by atoms with E-state index in [2.05, 4.69) is 27.2 Å². The summed E-state index contributed by atoms with van der Waals surface area (Å²) in [7, 11) is 0. The van der Waals surface area contributed by atoms with Crippen LogP contribution in [0.2, 0.25) is 0 Å². The van der Waals surface area contributed by atoms with E-state index in [1.165, 1.54) is 103 Å². The molecule has 0 aromatic rings. The van der Waals surface area contributed by atoms with Crippen LogP contribution in [0, 0.1) is 19.3 Å². The van der Waals surface area contributed by atoms with E-state index in [1.807, 2.05) is 0 Å². The van der Waals surface area contributed by atoms with Gasteiger partial charge in [-0.2, -0.15) is 0 Å². The van der Waals surface area contributed by atoms with Crippen LogP contribution in [0.1, 0.15) is 123 Å². The minimum Gasteiger partial charge on any atom is -0.0654 e. The summed E-state index contributed by atoms with van der Waals surface area (Å²) in [6.45, 7) is 8.53. The minimum absolute atomic E-state index is 0.888. The molecule has 0 saturated carbocycles. The van der Waals surface area contributed by atoms with E-state index in [1.54, 1.807) is 0 Å². The van der Waals surface area contributed by atoms with Gasteiger partial charge in [0.1, 0.15) is 0 Å². The molecule has 22 heavy (non-hydrogen) atoms. The normalized spacial score (nSPS) is 12.7. The smallest absolute Gasteiger partial charge is 0.0355 e. The van der Waals surface area contributed by atoms with E-state index in [0.717, 1.165) is 12.3 Å². The van der Waals surface area contributed by atoms with E-state index >= 15 is 0 Å². The fourth-order valence-corrected chi connectivity index (χ4v) is 3.30. The van der Waals surface area contributed by atoms with Crippen LogP contribution in [-0.2, 0) is 0 Å². The van der Waals surface area contributed by atoms with Gasteiger partial charge in [-0.1, -0.05) is 124 Å². The maximum absolute atomic E-state index is 3.90. The van der Waals surface area contributed by atoms with Gasteiger partial charge in [0.05, 0.1) is 0 Å². The fraction of sp³-hybridized carbons (Fsp3) is 0.909. The Morgan fingerprint density at radius 3 is 1.55 bits per heavy atom. The molecule has 0 aromatic carbocycles. The van der Waals surface area contributed by atoms with Crippen molar-refractivity contribution in [2.24, 2.45) is 5.92 Å². The molecule has 0 rings (SSSR count). The van der Waals surface area contributed by atoms with Gasteiger partial charge in [0, 0.05) is 0 Å². The quantitative estimate of drug-likeness (QED) is 0.223. The molecule has 0 N–H and O–H groups in total. The summed E-state index contributed by atoms with van der Waals surface area (Å²) >= 11 is 0. The zero-order valence-corrected chi connectivity index (χ0v) is 15.9. The summed E-state index contributed by atoms with van der Waals surface area (Å²) in [5, 5.41) is 0. The molecule has 1 unspecified atom stereocenters. The second-order valence-electron chi connectivity index (χ2n) is 7.08. The highest BCUT2D eigenvalue weighted by molar-refractivity contribution is 4.74. The van der Waals surface area contributed by atoms with Gasteiger partial charge in [0.15, 0.2) is 0 Å². The molecule has 0 spiro atoms. The van der Waals surface area contributed by atoms with Crippen LogP contribution < -0.4 is 0 Å². The molecule has 0 heteroatoms. The predicted molar refractivity (Wildman–Crippen MR) is 103 cm³/mol. The highest BCUT2D eigenvalue weighted by atomic mass is 14.1. The van der Waals surface area contributed by atoms with E-state index in [0.29, 0.717) is 0 Å². The molecule has 0 amide bonds. The number of rotatable bonds is 18. The molecule has 0 saturated heterocycles. The van der Waals surface area contributed by atoms with Crippen molar-refractivity contribution >= 4 is 0 Å². The first-order valence-electron chi connectivity index (χ1n) is 10.5. The summed E-state index contributed by atoms with van der Waals surface area (Å²) in [6, 6.07) is 0. The van der Waals surface area contributed by atoms with Gasteiger partial charge in [0.25, 0.3) is 0 Å². The van der Waals surface area contributed by atoms with Gasteiger partial charge in [0.2, 0.25) is 0 Å². The molecular formula is C22H44. The summed E-state index contributed by atoms with van der Waals surface area (Å²) in [4.78, 5) is 0. The lowest BCUT2D eigenvalue weighted by Crippen LogP contribution is -1.99. The van der Waals surface area contributed by atoms with Crippen molar-refractivity contribution in [3.05, 3.63) is 13.3 Å². The van der Waals surface area contributed by atoms with Gasteiger partial charge in [-0.3, -0.25) is 0 Å². The molecule has 0 aromatic heterocycles. The van der Waals surface area contributed by atoms with Crippen LogP contribution in [0.15, 0.2) is 0 Å². The highest BCUT2D eigenvalue weighted by Crippen LogP contribution is 2.19. The SMILES string of the molecule is [CH2]CCCCCCCCCCCCCC[CH]C(CC)CCC. The third kappa shape index (κ3) is 16.4. The van der Waals surface area contributed by atoms with E-state index in [4.69, 9.17) is 0 Å². The minimum atomic E-state index is 0.888. The van der Waals surface area contributed by atoms with Gasteiger partial charge in [-0.25, -0.2) is 0 Å². The van der Waals surface area contributed by atoms with Crippen molar-refractivity contribution in [2.75, 3.05) is 0 Å². The lowest BCUT2D eigenvalue weighted by molar-refractivity contribution is 0.494. The van der Waals surface area contributed by atoms with Crippen molar-refractivity contribution in [3.8, 4) is 0 Å². The average molecular weight is 309 g/mol. The number of hydrogen-bond acceptors (Lipinski definition) is 0. The Bertz CT molecular complexity index is 184. The molecule has 0 heterocycles. The zero-order valence-electron chi connectivity index (χ0n) is 15.9. The number of unbranched alkanes of at least 4 members (excludes halogenated alkanes) is 13. The first kappa shape index (κ1) is 22.0. The highest BCUT2D eigenvalue weighted by Gasteiger charge is 2.04. The average Bonchev–Trinajstić information content (AvgIpc) is 2.54. The topological polar surface area (TPSA) is 0 Å². The second kappa shape index (κ2) is 19.0. The third-order valence-corrected chi connectivity index (χ3v) is 4.89. The first-order chi connectivity index (χ1) is 10.8. The van der Waals surface area contributed by atoms with Crippen LogP contribution in [0.5, 0.6) is 0 Å². The standard InChI is InChI=1S/C22H44/c1-4-7-8-9-10-11-12-13-14-15-16-17-18-19-21-22(6-3)20-5-2/h21-22H,1,4-20H2,2-3H3. The van der Waals surface area contributed by atoms with Crippen molar-refractivity contribution in [2.45, 2.75) is 123 Å².